The van der Waals surface area contributed by atoms with Gasteiger partial charge in [-0.1, -0.05) is 30.0 Å². The highest BCUT2D eigenvalue weighted by atomic mass is 32.2. The Morgan fingerprint density at radius 1 is 1.31 bits per heavy atom. The minimum absolute atomic E-state index is 0.117. The Bertz CT molecular complexity index is 929. The maximum Gasteiger partial charge on any atom is 0.234 e. The zero-order chi connectivity index (χ0) is 18.5. The van der Waals surface area contributed by atoms with Gasteiger partial charge < -0.3 is 10.1 Å². The van der Waals surface area contributed by atoms with Crippen molar-refractivity contribution in [3.8, 4) is 17.1 Å². The van der Waals surface area contributed by atoms with Gasteiger partial charge >= 0.3 is 0 Å². The monoisotopic (exact) mass is 372 g/mol. The third-order valence-corrected chi connectivity index (χ3v) is 4.40. The molecule has 2 aromatic carbocycles. The van der Waals surface area contributed by atoms with Crippen LogP contribution in [0, 0.1) is 12.7 Å². The summed E-state index contributed by atoms with van der Waals surface area (Å²) in [5.74, 6) is 0.437. The van der Waals surface area contributed by atoms with Crippen molar-refractivity contribution >= 4 is 23.4 Å². The van der Waals surface area contributed by atoms with Crippen LogP contribution in [-0.2, 0) is 4.79 Å². The molecule has 0 saturated carbocycles. The molecule has 3 aromatic rings. The van der Waals surface area contributed by atoms with Crippen molar-refractivity contribution in [1.29, 1.82) is 0 Å². The van der Waals surface area contributed by atoms with Crippen LogP contribution in [0.5, 0.6) is 5.75 Å². The number of hydrogen-bond acceptors (Lipinski definition) is 5. The van der Waals surface area contributed by atoms with E-state index >= 15 is 0 Å². The van der Waals surface area contributed by atoms with Crippen LogP contribution in [0.4, 0.5) is 10.1 Å². The largest absolute Gasteiger partial charge is 0.495 e. The lowest BCUT2D eigenvalue weighted by atomic mass is 10.2. The van der Waals surface area contributed by atoms with Gasteiger partial charge in [-0.15, -0.1) is 5.10 Å². The van der Waals surface area contributed by atoms with Crippen molar-refractivity contribution in [1.82, 2.24) is 15.2 Å². The van der Waals surface area contributed by atoms with Crippen LogP contribution in [0.3, 0.4) is 0 Å². The smallest absolute Gasteiger partial charge is 0.234 e. The number of aromatic amines is 1. The zero-order valence-corrected chi connectivity index (χ0v) is 15.1. The summed E-state index contributed by atoms with van der Waals surface area (Å²) in [7, 11) is 1.55. The van der Waals surface area contributed by atoms with Crippen LogP contribution < -0.4 is 10.1 Å². The molecule has 1 aromatic heterocycles. The number of H-pyrrole nitrogens is 1. The van der Waals surface area contributed by atoms with E-state index in [2.05, 4.69) is 20.5 Å². The SMILES string of the molecule is COc1ccc(C)cc1NC(=O)CSc1n[nH]c(-c2ccccc2F)n1. The normalized spacial score (nSPS) is 10.6. The van der Waals surface area contributed by atoms with Crippen LogP contribution in [0.1, 0.15) is 5.56 Å². The Morgan fingerprint density at radius 2 is 2.12 bits per heavy atom. The molecule has 1 amide bonds. The maximum atomic E-state index is 13.8. The lowest BCUT2D eigenvalue weighted by molar-refractivity contribution is -0.113. The van der Waals surface area contributed by atoms with E-state index in [0.29, 0.717) is 28.0 Å². The van der Waals surface area contributed by atoms with E-state index in [-0.39, 0.29) is 17.5 Å². The van der Waals surface area contributed by atoms with Gasteiger partial charge in [-0.05, 0) is 36.8 Å². The number of hydrogen-bond donors (Lipinski definition) is 2. The summed E-state index contributed by atoms with van der Waals surface area (Å²) in [6, 6.07) is 11.8. The van der Waals surface area contributed by atoms with E-state index in [9.17, 15) is 9.18 Å². The topological polar surface area (TPSA) is 79.9 Å². The lowest BCUT2D eigenvalue weighted by Gasteiger charge is -2.10. The molecule has 0 fully saturated rings. The molecule has 0 radical (unpaired) electrons. The number of ether oxygens (including phenoxy) is 1. The third-order valence-electron chi connectivity index (χ3n) is 3.56. The summed E-state index contributed by atoms with van der Waals surface area (Å²) in [5, 5.41) is 9.88. The molecule has 0 atom stereocenters. The zero-order valence-electron chi connectivity index (χ0n) is 14.2. The average Bonchev–Trinajstić information content (AvgIpc) is 3.09. The first-order valence-corrected chi connectivity index (χ1v) is 8.80. The average molecular weight is 372 g/mol. The summed E-state index contributed by atoms with van der Waals surface area (Å²) >= 11 is 1.16. The number of amides is 1. The van der Waals surface area contributed by atoms with E-state index in [1.54, 1.807) is 31.4 Å². The van der Waals surface area contributed by atoms with E-state index in [1.165, 1.54) is 6.07 Å². The second-order valence-corrected chi connectivity index (χ2v) is 6.43. The molecule has 0 spiro atoms. The number of aromatic nitrogens is 3. The van der Waals surface area contributed by atoms with Crippen molar-refractivity contribution in [2.45, 2.75) is 12.1 Å². The van der Waals surface area contributed by atoms with E-state index < -0.39 is 0 Å². The molecule has 0 aliphatic rings. The van der Waals surface area contributed by atoms with Crippen molar-refractivity contribution < 1.29 is 13.9 Å². The summed E-state index contributed by atoms with van der Waals surface area (Å²) in [4.78, 5) is 16.4. The van der Waals surface area contributed by atoms with Crippen molar-refractivity contribution in [3.05, 3.63) is 53.8 Å². The predicted octanol–water partition coefficient (Wildman–Crippen LogP) is 3.66. The molecule has 134 valence electrons. The van der Waals surface area contributed by atoms with Crippen molar-refractivity contribution in [2.75, 3.05) is 18.2 Å². The van der Waals surface area contributed by atoms with Gasteiger partial charge in [0.25, 0.3) is 0 Å². The Labute approximate surface area is 154 Å². The molecule has 8 heteroatoms. The first-order chi connectivity index (χ1) is 12.6. The molecule has 0 unspecified atom stereocenters. The molecule has 0 saturated heterocycles. The van der Waals surface area contributed by atoms with Crippen LogP contribution in [-0.4, -0.2) is 34.0 Å². The molecule has 6 nitrogen and oxygen atoms in total. The quantitative estimate of drug-likeness (QED) is 0.646. The fourth-order valence-corrected chi connectivity index (χ4v) is 2.92. The Morgan fingerprint density at radius 3 is 2.88 bits per heavy atom. The third kappa shape index (κ3) is 4.20. The Kier molecular flexibility index (Phi) is 5.52. The number of aryl methyl sites for hydroxylation is 1. The van der Waals surface area contributed by atoms with Gasteiger partial charge in [0.15, 0.2) is 5.82 Å². The Hall–Kier alpha value is -2.87. The maximum absolute atomic E-state index is 13.8. The number of methoxy groups -OCH3 is 1. The van der Waals surface area contributed by atoms with Gasteiger partial charge in [0.1, 0.15) is 11.6 Å². The van der Waals surface area contributed by atoms with E-state index in [1.807, 2.05) is 19.1 Å². The van der Waals surface area contributed by atoms with Gasteiger partial charge in [-0.2, -0.15) is 0 Å². The van der Waals surface area contributed by atoms with Crippen LogP contribution >= 0.6 is 11.8 Å². The van der Waals surface area contributed by atoms with Gasteiger partial charge in [0.2, 0.25) is 11.1 Å². The number of nitrogens with one attached hydrogen (secondary N) is 2. The highest BCUT2D eigenvalue weighted by molar-refractivity contribution is 7.99. The van der Waals surface area contributed by atoms with Gasteiger partial charge in [0, 0.05) is 0 Å². The van der Waals surface area contributed by atoms with Gasteiger partial charge in [0.05, 0.1) is 24.1 Å². The van der Waals surface area contributed by atoms with Gasteiger partial charge in [-0.25, -0.2) is 9.37 Å². The van der Waals surface area contributed by atoms with Crippen LogP contribution in [0.2, 0.25) is 0 Å². The van der Waals surface area contributed by atoms with E-state index in [0.717, 1.165) is 17.3 Å². The molecular formula is C18H17FN4O2S. The summed E-state index contributed by atoms with van der Waals surface area (Å²) < 4.78 is 19.0. The fraction of sp³-hybridized carbons (Fsp3) is 0.167. The molecule has 2 N–H and O–H groups in total. The summed E-state index contributed by atoms with van der Waals surface area (Å²) in [6.45, 7) is 1.93. The minimum Gasteiger partial charge on any atom is -0.495 e. The standard InChI is InChI=1S/C18H17FN4O2S/c1-11-7-8-15(25-2)14(9-11)20-16(24)10-26-18-21-17(22-23-18)12-5-3-4-6-13(12)19/h3-9H,10H2,1-2H3,(H,20,24)(H,21,22,23). The molecule has 3 rings (SSSR count). The number of carbonyl (C=O) groups excluding carboxylic acids is 1. The van der Waals surface area contributed by atoms with Crippen molar-refractivity contribution in [2.24, 2.45) is 0 Å². The molecule has 26 heavy (non-hydrogen) atoms. The molecular weight excluding hydrogens is 355 g/mol. The number of rotatable bonds is 6. The number of anilines is 1. The molecule has 1 heterocycles. The second-order valence-electron chi connectivity index (χ2n) is 5.49. The summed E-state index contributed by atoms with van der Waals surface area (Å²) in [5.41, 5.74) is 1.96. The van der Waals surface area contributed by atoms with Crippen LogP contribution in [0.15, 0.2) is 47.6 Å². The number of benzene rings is 2. The van der Waals surface area contributed by atoms with Gasteiger partial charge in [-0.3, -0.25) is 9.89 Å². The minimum atomic E-state index is -0.385. The molecule has 0 aliphatic heterocycles. The fourth-order valence-electron chi connectivity index (χ4n) is 2.32. The second kappa shape index (κ2) is 8.01. The molecule has 0 aliphatic carbocycles. The van der Waals surface area contributed by atoms with Crippen LogP contribution in [0.25, 0.3) is 11.4 Å². The molecule has 0 bridgehead atoms. The number of thioether (sulfide) groups is 1. The van der Waals surface area contributed by atoms with E-state index in [4.69, 9.17) is 4.74 Å². The number of halogens is 1. The van der Waals surface area contributed by atoms with Crippen molar-refractivity contribution in [3.63, 3.8) is 0 Å². The highest BCUT2D eigenvalue weighted by Gasteiger charge is 2.13. The first kappa shape index (κ1) is 17.9. The Balaban J connectivity index is 1.62. The number of carbonyl (C=O) groups is 1. The highest BCUT2D eigenvalue weighted by Crippen LogP contribution is 2.26. The number of nitrogens with zero attached hydrogens (tertiary/aromatic N) is 2. The first-order valence-electron chi connectivity index (χ1n) is 7.81. The summed E-state index contributed by atoms with van der Waals surface area (Å²) in [6.07, 6.45) is 0. The lowest BCUT2D eigenvalue weighted by Crippen LogP contribution is -2.15. The predicted molar refractivity (Wildman–Crippen MR) is 98.9 cm³/mol.